The number of fused-ring (bicyclic) bond motifs is 1. The number of pyridine rings is 1. The lowest BCUT2D eigenvalue weighted by Crippen LogP contribution is -2.19. The second-order valence-corrected chi connectivity index (χ2v) is 6.23. The molecular formula is C20H18N4O4. The molecule has 0 unspecified atom stereocenters. The molecule has 1 aromatic carbocycles. The number of amides is 1. The van der Waals surface area contributed by atoms with Gasteiger partial charge in [0.15, 0.2) is 0 Å². The van der Waals surface area contributed by atoms with Crippen molar-refractivity contribution in [3.8, 4) is 17.1 Å². The van der Waals surface area contributed by atoms with E-state index in [1.807, 2.05) is 18.2 Å². The first-order chi connectivity index (χ1) is 13.7. The third-order valence-corrected chi connectivity index (χ3v) is 4.34. The molecule has 8 nitrogen and oxygen atoms in total. The first kappa shape index (κ1) is 17.7. The van der Waals surface area contributed by atoms with E-state index >= 15 is 0 Å². The molecule has 1 amide bonds. The van der Waals surface area contributed by atoms with Gasteiger partial charge in [0, 0.05) is 18.3 Å². The predicted molar refractivity (Wildman–Crippen MR) is 101 cm³/mol. The molecule has 3 heterocycles. The lowest BCUT2D eigenvalue weighted by molar-refractivity contribution is -0.116. The van der Waals surface area contributed by atoms with Gasteiger partial charge in [0.1, 0.15) is 24.5 Å². The van der Waals surface area contributed by atoms with Crippen LogP contribution in [-0.2, 0) is 16.0 Å². The maximum atomic E-state index is 12.3. The number of aromatic amines is 1. The van der Waals surface area contributed by atoms with Crippen molar-refractivity contribution in [3.63, 3.8) is 0 Å². The number of esters is 1. The van der Waals surface area contributed by atoms with E-state index in [-0.39, 0.29) is 19.1 Å². The van der Waals surface area contributed by atoms with E-state index in [2.05, 4.69) is 20.5 Å². The molecule has 0 atom stereocenters. The molecule has 1 aliphatic heterocycles. The molecule has 0 fully saturated rings. The molecule has 3 aromatic rings. The molecular weight excluding hydrogens is 360 g/mol. The van der Waals surface area contributed by atoms with Gasteiger partial charge in [-0.15, -0.1) is 0 Å². The van der Waals surface area contributed by atoms with Crippen LogP contribution in [0, 0.1) is 0 Å². The summed E-state index contributed by atoms with van der Waals surface area (Å²) in [6, 6.07) is 10.9. The second kappa shape index (κ2) is 7.91. The van der Waals surface area contributed by atoms with Crippen LogP contribution in [0.2, 0.25) is 0 Å². The summed E-state index contributed by atoms with van der Waals surface area (Å²) in [5, 5.41) is 9.52. The highest BCUT2D eigenvalue weighted by Gasteiger charge is 2.18. The second-order valence-electron chi connectivity index (χ2n) is 6.23. The monoisotopic (exact) mass is 378 g/mol. The molecule has 0 aliphatic carbocycles. The Balaban J connectivity index is 1.31. The fraction of sp³-hybridized carbons (Fsp3) is 0.200. The average molecular weight is 378 g/mol. The highest BCUT2D eigenvalue weighted by atomic mass is 16.6. The van der Waals surface area contributed by atoms with Gasteiger partial charge < -0.3 is 14.8 Å². The van der Waals surface area contributed by atoms with Gasteiger partial charge in [0.05, 0.1) is 17.6 Å². The van der Waals surface area contributed by atoms with Gasteiger partial charge in [-0.1, -0.05) is 6.07 Å². The number of anilines is 1. The van der Waals surface area contributed by atoms with E-state index in [0.717, 1.165) is 11.3 Å². The smallest absolute Gasteiger partial charge is 0.342 e. The number of hydrogen-bond acceptors (Lipinski definition) is 6. The average Bonchev–Trinajstić information content (AvgIpc) is 3.22. The number of benzene rings is 1. The van der Waals surface area contributed by atoms with E-state index in [1.54, 1.807) is 24.4 Å². The Labute approximate surface area is 160 Å². The summed E-state index contributed by atoms with van der Waals surface area (Å²) in [5.41, 5.74) is 3.31. The van der Waals surface area contributed by atoms with Gasteiger partial charge in [-0.2, -0.15) is 5.10 Å². The van der Waals surface area contributed by atoms with Crippen LogP contribution in [0.15, 0.2) is 48.8 Å². The van der Waals surface area contributed by atoms with E-state index in [0.29, 0.717) is 35.5 Å². The number of hydrogen-bond donors (Lipinski definition) is 2. The molecule has 2 N–H and O–H groups in total. The Morgan fingerprint density at radius 2 is 2.07 bits per heavy atom. The summed E-state index contributed by atoms with van der Waals surface area (Å²) in [4.78, 5) is 27.9. The summed E-state index contributed by atoms with van der Waals surface area (Å²) in [5.74, 6) is 0.201. The predicted octanol–water partition coefficient (Wildman–Crippen LogP) is 2.59. The van der Waals surface area contributed by atoms with Gasteiger partial charge in [0.25, 0.3) is 0 Å². The minimum absolute atomic E-state index is 0.0254. The summed E-state index contributed by atoms with van der Waals surface area (Å²) in [6.07, 6.45) is 4.22. The normalized spacial score (nSPS) is 12.8. The Hall–Kier alpha value is -3.68. The van der Waals surface area contributed by atoms with E-state index in [9.17, 15) is 9.59 Å². The molecule has 8 heteroatoms. The van der Waals surface area contributed by atoms with Gasteiger partial charge in [0.2, 0.25) is 5.91 Å². The quantitative estimate of drug-likeness (QED) is 0.504. The van der Waals surface area contributed by atoms with Crippen molar-refractivity contribution in [2.75, 3.05) is 18.5 Å². The highest BCUT2D eigenvalue weighted by molar-refractivity contribution is 5.95. The van der Waals surface area contributed by atoms with Gasteiger partial charge >= 0.3 is 5.97 Å². The van der Waals surface area contributed by atoms with Gasteiger partial charge in [-0.25, -0.2) is 4.79 Å². The maximum absolute atomic E-state index is 12.3. The van der Waals surface area contributed by atoms with Crippen LogP contribution in [0.3, 0.4) is 0 Å². The third-order valence-electron chi connectivity index (χ3n) is 4.34. The molecule has 0 spiro atoms. The van der Waals surface area contributed by atoms with Crippen molar-refractivity contribution in [1.29, 1.82) is 0 Å². The lowest BCUT2D eigenvalue weighted by atomic mass is 10.0. The zero-order valence-electron chi connectivity index (χ0n) is 15.0. The number of aromatic nitrogens is 3. The topological polar surface area (TPSA) is 106 Å². The molecule has 28 heavy (non-hydrogen) atoms. The summed E-state index contributed by atoms with van der Waals surface area (Å²) < 4.78 is 10.9. The number of nitrogens with zero attached hydrogens (tertiary/aromatic N) is 2. The number of carbonyl (C=O) groups is 2. The van der Waals surface area contributed by atoms with Crippen LogP contribution < -0.4 is 10.1 Å². The van der Waals surface area contributed by atoms with Crippen LogP contribution >= 0.6 is 0 Å². The van der Waals surface area contributed by atoms with Crippen molar-refractivity contribution < 1.29 is 19.1 Å². The number of ether oxygens (including phenoxy) is 2. The molecule has 2 aromatic heterocycles. The molecule has 0 bridgehead atoms. The molecule has 1 aliphatic rings. The number of carbonyl (C=O) groups excluding carboxylic acids is 2. The minimum Gasteiger partial charge on any atom is -0.490 e. The highest BCUT2D eigenvalue weighted by Crippen LogP contribution is 2.26. The Morgan fingerprint density at radius 1 is 1.14 bits per heavy atom. The van der Waals surface area contributed by atoms with Crippen molar-refractivity contribution in [2.45, 2.75) is 12.8 Å². The minimum atomic E-state index is -0.494. The summed E-state index contributed by atoms with van der Waals surface area (Å²) in [7, 11) is 0. The van der Waals surface area contributed by atoms with Crippen molar-refractivity contribution in [3.05, 3.63) is 59.9 Å². The van der Waals surface area contributed by atoms with E-state index in [1.165, 1.54) is 6.20 Å². The maximum Gasteiger partial charge on any atom is 0.342 e. The zero-order valence-corrected chi connectivity index (χ0v) is 15.0. The SMILES string of the molecule is O=C1CCc2cc(OCCOC(=O)c3cn[nH]c3-c3ccccn3)ccc2N1. The molecule has 0 radical (unpaired) electrons. The largest absolute Gasteiger partial charge is 0.490 e. The van der Waals surface area contributed by atoms with Crippen LogP contribution in [0.4, 0.5) is 5.69 Å². The van der Waals surface area contributed by atoms with Crippen LogP contribution in [-0.4, -0.2) is 40.3 Å². The Kier molecular flexibility index (Phi) is 5.01. The van der Waals surface area contributed by atoms with E-state index in [4.69, 9.17) is 9.47 Å². The fourth-order valence-electron chi connectivity index (χ4n) is 2.97. The zero-order chi connectivity index (χ0) is 19.3. The van der Waals surface area contributed by atoms with Crippen molar-refractivity contribution in [2.24, 2.45) is 0 Å². The molecule has 0 saturated heterocycles. The van der Waals surface area contributed by atoms with Gasteiger partial charge in [-0.05, 0) is 42.3 Å². The number of H-pyrrole nitrogens is 1. The van der Waals surface area contributed by atoms with Crippen LogP contribution in [0.25, 0.3) is 11.4 Å². The lowest BCUT2D eigenvalue weighted by Gasteiger charge is -2.17. The number of nitrogens with one attached hydrogen (secondary N) is 2. The fourth-order valence-corrected chi connectivity index (χ4v) is 2.97. The van der Waals surface area contributed by atoms with Crippen molar-refractivity contribution in [1.82, 2.24) is 15.2 Å². The standard InChI is InChI=1S/C20H18N4O4/c25-18-7-4-13-11-14(5-6-16(13)23-18)27-9-10-28-20(26)15-12-22-24-19(15)17-3-1-2-8-21-17/h1-3,5-6,8,11-12H,4,7,9-10H2,(H,22,24)(H,23,25). The summed E-state index contributed by atoms with van der Waals surface area (Å²) in [6.45, 7) is 0.313. The summed E-state index contributed by atoms with van der Waals surface area (Å²) >= 11 is 0. The number of rotatable bonds is 6. The van der Waals surface area contributed by atoms with Crippen molar-refractivity contribution >= 4 is 17.6 Å². The Morgan fingerprint density at radius 3 is 2.93 bits per heavy atom. The third kappa shape index (κ3) is 3.85. The first-order valence-electron chi connectivity index (χ1n) is 8.88. The molecule has 0 saturated carbocycles. The molecule has 4 rings (SSSR count). The van der Waals surface area contributed by atoms with Gasteiger partial charge in [-0.3, -0.25) is 14.9 Å². The van der Waals surface area contributed by atoms with Crippen LogP contribution in [0.5, 0.6) is 5.75 Å². The Bertz CT molecular complexity index is 1000. The molecule has 142 valence electrons. The van der Waals surface area contributed by atoms with Crippen LogP contribution in [0.1, 0.15) is 22.3 Å². The first-order valence-corrected chi connectivity index (χ1v) is 8.88. The number of aryl methyl sites for hydroxylation is 1. The van der Waals surface area contributed by atoms with E-state index < -0.39 is 5.97 Å².